The van der Waals surface area contributed by atoms with Gasteiger partial charge in [-0.25, -0.2) is 9.78 Å². The van der Waals surface area contributed by atoms with Crippen molar-refractivity contribution in [1.29, 1.82) is 0 Å². The van der Waals surface area contributed by atoms with Gasteiger partial charge in [0.2, 0.25) is 5.88 Å². The summed E-state index contributed by atoms with van der Waals surface area (Å²) >= 11 is 0. The second kappa shape index (κ2) is 8.34. The van der Waals surface area contributed by atoms with E-state index in [1.54, 1.807) is 18.3 Å². The summed E-state index contributed by atoms with van der Waals surface area (Å²) in [5, 5.41) is 0. The number of piperidine rings is 1. The maximum Gasteiger partial charge on any atom is 0.410 e. The van der Waals surface area contributed by atoms with E-state index in [1.165, 1.54) is 12.7 Å². The standard InChI is InChI=1S/C23H27N3O4/c1-17(18-6-4-3-5-7-18)15-26-16-23(30-22(26)28)9-12-25(13-10-23)21(27)19-8-11-24-20(14-19)29-2/h3-8,11,14,17H,9-10,12-13,15-16H2,1-2H3/t17-/m0/s1. The van der Waals surface area contributed by atoms with Crippen LogP contribution >= 0.6 is 0 Å². The van der Waals surface area contributed by atoms with Crippen molar-refractivity contribution < 1.29 is 19.1 Å². The van der Waals surface area contributed by atoms with E-state index in [-0.39, 0.29) is 17.9 Å². The van der Waals surface area contributed by atoms with E-state index >= 15 is 0 Å². The third kappa shape index (κ3) is 4.10. The highest BCUT2D eigenvalue weighted by Crippen LogP contribution is 2.34. The highest BCUT2D eigenvalue weighted by molar-refractivity contribution is 5.94. The zero-order chi connectivity index (χ0) is 21.1. The van der Waals surface area contributed by atoms with Gasteiger partial charge in [0.25, 0.3) is 5.91 Å². The van der Waals surface area contributed by atoms with Crippen molar-refractivity contribution in [3.8, 4) is 5.88 Å². The highest BCUT2D eigenvalue weighted by Gasteiger charge is 2.47. The first-order valence-electron chi connectivity index (χ1n) is 10.3. The summed E-state index contributed by atoms with van der Waals surface area (Å²) in [5.74, 6) is 0.601. The van der Waals surface area contributed by atoms with Gasteiger partial charge in [-0.1, -0.05) is 37.3 Å². The smallest absolute Gasteiger partial charge is 0.410 e. The molecule has 7 heteroatoms. The van der Waals surface area contributed by atoms with Crippen LogP contribution in [0, 0.1) is 0 Å². The molecule has 2 aromatic rings. The summed E-state index contributed by atoms with van der Waals surface area (Å²) in [6, 6.07) is 13.5. The van der Waals surface area contributed by atoms with E-state index in [2.05, 4.69) is 24.0 Å². The maximum atomic E-state index is 12.8. The lowest BCUT2D eigenvalue weighted by atomic mass is 9.90. The molecule has 4 rings (SSSR count). The number of ether oxygens (including phenoxy) is 2. The minimum Gasteiger partial charge on any atom is -0.481 e. The number of carbonyl (C=O) groups is 2. The van der Waals surface area contributed by atoms with Crippen LogP contribution in [0.4, 0.5) is 4.79 Å². The van der Waals surface area contributed by atoms with Crippen LogP contribution in [0.15, 0.2) is 48.7 Å². The average Bonchev–Trinajstić information content (AvgIpc) is 3.08. The van der Waals surface area contributed by atoms with Crippen LogP contribution in [0.3, 0.4) is 0 Å². The molecule has 0 aliphatic carbocycles. The topological polar surface area (TPSA) is 72.0 Å². The normalized spacial score (nSPS) is 18.9. The quantitative estimate of drug-likeness (QED) is 0.758. The van der Waals surface area contributed by atoms with Gasteiger partial charge in [-0.3, -0.25) is 4.79 Å². The molecule has 0 unspecified atom stereocenters. The summed E-state index contributed by atoms with van der Waals surface area (Å²) in [6.07, 6.45) is 2.60. The monoisotopic (exact) mass is 409 g/mol. The van der Waals surface area contributed by atoms with Crippen LogP contribution < -0.4 is 4.74 Å². The summed E-state index contributed by atoms with van der Waals surface area (Å²) in [6.45, 7) is 4.44. The zero-order valence-electron chi connectivity index (χ0n) is 17.4. The largest absolute Gasteiger partial charge is 0.481 e. The average molecular weight is 409 g/mol. The van der Waals surface area contributed by atoms with E-state index < -0.39 is 5.60 Å². The Bertz CT molecular complexity index is 910. The highest BCUT2D eigenvalue weighted by atomic mass is 16.6. The first-order valence-corrected chi connectivity index (χ1v) is 10.3. The summed E-state index contributed by atoms with van der Waals surface area (Å²) < 4.78 is 10.9. The predicted molar refractivity (Wildman–Crippen MR) is 112 cm³/mol. The molecule has 0 bridgehead atoms. The lowest BCUT2D eigenvalue weighted by Crippen LogP contribution is -2.48. The molecule has 2 aliphatic heterocycles. The number of likely N-dealkylation sites (tertiary alicyclic amines) is 1. The van der Waals surface area contributed by atoms with Gasteiger partial charge in [0.15, 0.2) is 0 Å². The summed E-state index contributed by atoms with van der Waals surface area (Å²) in [7, 11) is 1.53. The van der Waals surface area contributed by atoms with Crippen molar-refractivity contribution >= 4 is 12.0 Å². The molecule has 2 amide bonds. The molecule has 0 N–H and O–H groups in total. The Morgan fingerprint density at radius 2 is 1.97 bits per heavy atom. The van der Waals surface area contributed by atoms with Crippen molar-refractivity contribution in [2.45, 2.75) is 31.3 Å². The van der Waals surface area contributed by atoms with Gasteiger partial charge in [-0.2, -0.15) is 0 Å². The fourth-order valence-electron chi connectivity index (χ4n) is 4.27. The lowest BCUT2D eigenvalue weighted by Gasteiger charge is -2.37. The molecule has 0 radical (unpaired) electrons. The molecule has 2 saturated heterocycles. The molecule has 2 aliphatic rings. The van der Waals surface area contributed by atoms with E-state index in [9.17, 15) is 9.59 Å². The molecule has 30 heavy (non-hydrogen) atoms. The zero-order valence-corrected chi connectivity index (χ0v) is 17.4. The fourth-order valence-corrected chi connectivity index (χ4v) is 4.27. The number of benzene rings is 1. The van der Waals surface area contributed by atoms with E-state index in [0.29, 0.717) is 50.5 Å². The van der Waals surface area contributed by atoms with Crippen molar-refractivity contribution in [1.82, 2.24) is 14.8 Å². The van der Waals surface area contributed by atoms with Gasteiger partial charge in [0.1, 0.15) is 5.60 Å². The van der Waals surface area contributed by atoms with Gasteiger partial charge < -0.3 is 19.3 Å². The van der Waals surface area contributed by atoms with Gasteiger partial charge >= 0.3 is 6.09 Å². The van der Waals surface area contributed by atoms with Crippen LogP contribution in [0.1, 0.15) is 41.6 Å². The lowest BCUT2D eigenvalue weighted by molar-refractivity contribution is 0.00312. The molecule has 158 valence electrons. The SMILES string of the molecule is COc1cc(C(=O)N2CCC3(CC2)CN(C[C@H](C)c2ccccc2)C(=O)O3)ccn1. The predicted octanol–water partition coefficient (Wildman–Crippen LogP) is 3.32. The Morgan fingerprint density at radius 3 is 2.67 bits per heavy atom. The number of carbonyl (C=O) groups excluding carboxylic acids is 2. The molecular weight excluding hydrogens is 382 g/mol. The Hall–Kier alpha value is -3.09. The van der Waals surface area contributed by atoms with Crippen molar-refractivity contribution in [3.05, 3.63) is 59.8 Å². The third-order valence-corrected chi connectivity index (χ3v) is 6.06. The Labute approximate surface area is 176 Å². The van der Waals surface area contributed by atoms with E-state index in [1.807, 2.05) is 28.0 Å². The maximum absolute atomic E-state index is 12.8. The number of methoxy groups -OCH3 is 1. The van der Waals surface area contributed by atoms with Crippen LogP contribution in [-0.2, 0) is 4.74 Å². The Morgan fingerprint density at radius 1 is 1.23 bits per heavy atom. The molecule has 1 aromatic carbocycles. The second-order valence-electron chi connectivity index (χ2n) is 8.12. The summed E-state index contributed by atoms with van der Waals surface area (Å²) in [5.41, 5.74) is 1.26. The molecule has 0 saturated carbocycles. The van der Waals surface area contributed by atoms with E-state index in [0.717, 1.165) is 0 Å². The molecular formula is C23H27N3O4. The minimum atomic E-state index is -0.500. The molecule has 7 nitrogen and oxygen atoms in total. The van der Waals surface area contributed by atoms with Crippen LogP contribution in [0.5, 0.6) is 5.88 Å². The van der Waals surface area contributed by atoms with Crippen LogP contribution in [-0.4, -0.2) is 65.7 Å². The van der Waals surface area contributed by atoms with Gasteiger partial charge in [0, 0.05) is 50.3 Å². The number of nitrogens with zero attached hydrogens (tertiary/aromatic N) is 3. The molecule has 1 aromatic heterocycles. The second-order valence-corrected chi connectivity index (χ2v) is 8.12. The number of hydrogen-bond acceptors (Lipinski definition) is 5. The fraction of sp³-hybridized carbons (Fsp3) is 0.435. The first kappa shape index (κ1) is 20.2. The molecule has 2 fully saturated rings. The molecule has 1 spiro atoms. The van der Waals surface area contributed by atoms with Gasteiger partial charge in [-0.15, -0.1) is 0 Å². The van der Waals surface area contributed by atoms with Crippen LogP contribution in [0.2, 0.25) is 0 Å². The van der Waals surface area contributed by atoms with Crippen molar-refractivity contribution in [2.24, 2.45) is 0 Å². The number of pyridine rings is 1. The van der Waals surface area contributed by atoms with Crippen LogP contribution in [0.25, 0.3) is 0 Å². The molecule has 3 heterocycles. The minimum absolute atomic E-state index is 0.0515. The Balaban J connectivity index is 1.36. The number of rotatable bonds is 5. The number of amides is 2. The molecule has 1 atom stereocenters. The Kier molecular flexibility index (Phi) is 5.61. The number of aromatic nitrogens is 1. The number of hydrogen-bond donors (Lipinski definition) is 0. The van der Waals surface area contributed by atoms with Gasteiger partial charge in [0.05, 0.1) is 13.7 Å². The first-order chi connectivity index (χ1) is 14.5. The van der Waals surface area contributed by atoms with Gasteiger partial charge in [-0.05, 0) is 17.5 Å². The van der Waals surface area contributed by atoms with E-state index in [4.69, 9.17) is 9.47 Å². The van der Waals surface area contributed by atoms with Crippen molar-refractivity contribution in [3.63, 3.8) is 0 Å². The third-order valence-electron chi connectivity index (χ3n) is 6.06. The summed E-state index contributed by atoms with van der Waals surface area (Å²) in [4.78, 5) is 33.0. The van der Waals surface area contributed by atoms with Crippen molar-refractivity contribution in [2.75, 3.05) is 33.3 Å².